The Bertz CT molecular complexity index is 440. The van der Waals surface area contributed by atoms with Gasteiger partial charge in [-0.1, -0.05) is 0 Å². The molecule has 1 aromatic heterocycles. The molecule has 0 aliphatic heterocycles. The molecule has 0 saturated heterocycles. The van der Waals surface area contributed by atoms with E-state index in [2.05, 4.69) is 20.9 Å². The van der Waals surface area contributed by atoms with E-state index in [1.807, 2.05) is 0 Å². The van der Waals surface area contributed by atoms with E-state index in [0.29, 0.717) is 4.47 Å². The molecule has 0 aliphatic rings. The zero-order valence-corrected chi connectivity index (χ0v) is 10.5. The molecule has 0 radical (unpaired) electrons. The van der Waals surface area contributed by atoms with Gasteiger partial charge in [-0.3, -0.25) is 19.9 Å². The molecular formula is C8H7BrN2O4S. The SMILES string of the molecule is CC(Sc1c(Br)cncc1[N+](=O)[O-])C(=O)O. The molecule has 0 aromatic carbocycles. The third-order valence-electron chi connectivity index (χ3n) is 1.67. The van der Waals surface area contributed by atoms with Crippen molar-refractivity contribution in [1.82, 2.24) is 4.98 Å². The number of carboxylic acid groups (broad SMARTS) is 1. The third kappa shape index (κ3) is 2.92. The number of pyridine rings is 1. The predicted octanol–water partition coefficient (Wildman–Crippen LogP) is 2.32. The summed E-state index contributed by atoms with van der Waals surface area (Å²) in [5.41, 5.74) is -0.201. The maximum Gasteiger partial charge on any atom is 0.316 e. The largest absolute Gasteiger partial charge is 0.480 e. The van der Waals surface area contributed by atoms with Crippen LogP contribution < -0.4 is 0 Å². The maximum atomic E-state index is 10.7. The van der Waals surface area contributed by atoms with Crippen molar-refractivity contribution in [2.24, 2.45) is 0 Å². The Kier molecular flexibility index (Phi) is 4.25. The lowest BCUT2D eigenvalue weighted by Crippen LogP contribution is -2.11. The van der Waals surface area contributed by atoms with Gasteiger partial charge in [0, 0.05) is 6.20 Å². The molecule has 1 rings (SSSR count). The van der Waals surface area contributed by atoms with Crippen LogP contribution in [-0.4, -0.2) is 26.2 Å². The molecule has 86 valence electrons. The van der Waals surface area contributed by atoms with Gasteiger partial charge in [-0.25, -0.2) is 0 Å². The van der Waals surface area contributed by atoms with Crippen LogP contribution in [0.1, 0.15) is 6.92 Å². The fourth-order valence-electron chi connectivity index (χ4n) is 0.887. The highest BCUT2D eigenvalue weighted by Gasteiger charge is 2.22. The number of aliphatic carboxylic acids is 1. The molecule has 1 unspecified atom stereocenters. The van der Waals surface area contributed by atoms with Gasteiger partial charge in [0.15, 0.2) is 0 Å². The maximum absolute atomic E-state index is 10.7. The van der Waals surface area contributed by atoms with E-state index in [4.69, 9.17) is 5.11 Å². The van der Waals surface area contributed by atoms with Crippen LogP contribution in [0.15, 0.2) is 21.8 Å². The highest BCUT2D eigenvalue weighted by atomic mass is 79.9. The van der Waals surface area contributed by atoms with Crippen molar-refractivity contribution in [1.29, 1.82) is 0 Å². The molecule has 0 fully saturated rings. The molecule has 0 saturated carbocycles. The number of thioether (sulfide) groups is 1. The number of carboxylic acids is 1. The lowest BCUT2D eigenvalue weighted by Gasteiger charge is -2.07. The first kappa shape index (κ1) is 12.9. The van der Waals surface area contributed by atoms with Crippen molar-refractivity contribution in [2.75, 3.05) is 0 Å². The first-order valence-electron chi connectivity index (χ1n) is 4.11. The zero-order valence-electron chi connectivity index (χ0n) is 8.08. The second-order valence-corrected chi connectivity index (χ2v) is 5.03. The fraction of sp³-hybridized carbons (Fsp3) is 0.250. The summed E-state index contributed by atoms with van der Waals surface area (Å²) < 4.78 is 0.416. The minimum atomic E-state index is -1.02. The van der Waals surface area contributed by atoms with Crippen LogP contribution in [0.25, 0.3) is 0 Å². The summed E-state index contributed by atoms with van der Waals surface area (Å²) >= 11 is 4.02. The molecule has 0 amide bonds. The number of rotatable bonds is 4. The number of halogens is 1. The van der Waals surface area contributed by atoms with E-state index < -0.39 is 16.1 Å². The van der Waals surface area contributed by atoms with Crippen molar-refractivity contribution < 1.29 is 14.8 Å². The Morgan fingerprint density at radius 1 is 1.69 bits per heavy atom. The lowest BCUT2D eigenvalue weighted by molar-refractivity contribution is -0.388. The predicted molar refractivity (Wildman–Crippen MR) is 61.5 cm³/mol. The molecule has 1 N–H and O–H groups in total. The van der Waals surface area contributed by atoms with Gasteiger partial charge in [0.05, 0.1) is 9.40 Å². The molecule has 16 heavy (non-hydrogen) atoms. The van der Waals surface area contributed by atoms with E-state index in [1.165, 1.54) is 13.1 Å². The average Bonchev–Trinajstić information content (AvgIpc) is 2.20. The van der Waals surface area contributed by atoms with Crippen LogP contribution in [-0.2, 0) is 4.79 Å². The molecule has 0 aliphatic carbocycles. The first-order chi connectivity index (χ1) is 7.43. The van der Waals surface area contributed by atoms with Gasteiger partial charge in [0.2, 0.25) is 0 Å². The molecule has 8 heteroatoms. The van der Waals surface area contributed by atoms with Gasteiger partial charge in [-0.15, -0.1) is 11.8 Å². The van der Waals surface area contributed by atoms with Gasteiger partial charge in [-0.2, -0.15) is 0 Å². The minimum absolute atomic E-state index is 0.201. The second-order valence-electron chi connectivity index (χ2n) is 2.82. The summed E-state index contributed by atoms with van der Waals surface area (Å²) in [6, 6.07) is 0. The summed E-state index contributed by atoms with van der Waals surface area (Å²) in [7, 11) is 0. The highest BCUT2D eigenvalue weighted by molar-refractivity contribution is 9.10. The standard InChI is InChI=1S/C8H7BrN2O4S/c1-4(8(12)13)16-7-5(9)2-10-3-6(7)11(14)15/h2-4H,1H3,(H,12,13). The van der Waals surface area contributed by atoms with Gasteiger partial charge in [0.25, 0.3) is 0 Å². The Morgan fingerprint density at radius 2 is 2.31 bits per heavy atom. The molecule has 1 aromatic rings. The summed E-state index contributed by atoms with van der Waals surface area (Å²) in [6.07, 6.45) is 2.49. The van der Waals surface area contributed by atoms with E-state index in [9.17, 15) is 14.9 Å². The lowest BCUT2D eigenvalue weighted by atomic mass is 10.4. The van der Waals surface area contributed by atoms with Crippen LogP contribution in [0, 0.1) is 10.1 Å². The van der Waals surface area contributed by atoms with E-state index in [0.717, 1.165) is 18.0 Å². The number of hydrogen-bond acceptors (Lipinski definition) is 5. The average molecular weight is 307 g/mol. The zero-order chi connectivity index (χ0) is 12.3. The summed E-state index contributed by atoms with van der Waals surface area (Å²) in [4.78, 5) is 24.7. The van der Waals surface area contributed by atoms with Gasteiger partial charge < -0.3 is 5.11 Å². The van der Waals surface area contributed by atoms with Crippen LogP contribution in [0.4, 0.5) is 5.69 Å². The number of hydrogen-bond donors (Lipinski definition) is 1. The molecule has 0 bridgehead atoms. The van der Waals surface area contributed by atoms with Gasteiger partial charge in [-0.05, 0) is 22.9 Å². The number of nitro groups is 1. The molecular weight excluding hydrogens is 300 g/mol. The fourth-order valence-corrected chi connectivity index (χ4v) is 2.36. The topological polar surface area (TPSA) is 93.3 Å². The highest BCUT2D eigenvalue weighted by Crippen LogP contribution is 2.37. The molecule has 0 spiro atoms. The van der Waals surface area contributed by atoms with E-state index in [1.54, 1.807) is 0 Å². The Hall–Kier alpha value is -1.15. The second kappa shape index (κ2) is 5.26. The number of nitrogens with zero attached hydrogens (tertiary/aromatic N) is 2. The monoisotopic (exact) mass is 306 g/mol. The van der Waals surface area contributed by atoms with Crippen LogP contribution >= 0.6 is 27.7 Å². The van der Waals surface area contributed by atoms with Crippen LogP contribution in [0.3, 0.4) is 0 Å². The first-order valence-corrected chi connectivity index (χ1v) is 5.78. The van der Waals surface area contributed by atoms with E-state index in [-0.39, 0.29) is 10.6 Å². The number of aromatic nitrogens is 1. The van der Waals surface area contributed by atoms with Gasteiger partial charge >= 0.3 is 11.7 Å². The smallest absolute Gasteiger partial charge is 0.316 e. The van der Waals surface area contributed by atoms with E-state index >= 15 is 0 Å². The van der Waals surface area contributed by atoms with Gasteiger partial charge in [0.1, 0.15) is 16.3 Å². The summed E-state index contributed by atoms with van der Waals surface area (Å²) in [5.74, 6) is -1.02. The van der Waals surface area contributed by atoms with Crippen LogP contribution in [0.2, 0.25) is 0 Å². The van der Waals surface area contributed by atoms with Crippen molar-refractivity contribution in [2.45, 2.75) is 17.1 Å². The Balaban J connectivity index is 3.11. The Morgan fingerprint density at radius 3 is 2.81 bits per heavy atom. The van der Waals surface area contributed by atoms with Crippen LogP contribution in [0.5, 0.6) is 0 Å². The van der Waals surface area contributed by atoms with Crippen molar-refractivity contribution in [3.8, 4) is 0 Å². The van der Waals surface area contributed by atoms with Crippen molar-refractivity contribution in [3.63, 3.8) is 0 Å². The van der Waals surface area contributed by atoms with Crippen molar-refractivity contribution >= 4 is 39.3 Å². The third-order valence-corrected chi connectivity index (χ3v) is 3.76. The molecule has 1 atom stereocenters. The van der Waals surface area contributed by atoms with Crippen molar-refractivity contribution in [3.05, 3.63) is 27.0 Å². The molecule has 6 nitrogen and oxygen atoms in total. The minimum Gasteiger partial charge on any atom is -0.480 e. The quantitative estimate of drug-likeness (QED) is 0.521. The normalized spacial score (nSPS) is 12.1. The summed E-state index contributed by atoms with van der Waals surface area (Å²) in [6.45, 7) is 1.46. The summed E-state index contributed by atoms with van der Waals surface area (Å²) in [5, 5.41) is 18.7. The number of carbonyl (C=O) groups is 1. The Labute approximate surface area is 103 Å². The molecule has 1 heterocycles.